The lowest BCUT2D eigenvalue weighted by Crippen LogP contribution is -2.28. The molecule has 1 heterocycles. The number of hydrogen-bond acceptors (Lipinski definition) is 4. The molecule has 4 nitrogen and oxygen atoms in total. The Balaban J connectivity index is 2.53. The van der Waals surface area contributed by atoms with Crippen LogP contribution in [0.2, 0.25) is 4.34 Å². The highest BCUT2D eigenvalue weighted by atomic mass is 35.5. The highest BCUT2D eigenvalue weighted by Crippen LogP contribution is 2.23. The van der Waals surface area contributed by atoms with Crippen molar-refractivity contribution < 1.29 is 8.42 Å². The molecule has 0 aliphatic carbocycles. The largest absolute Gasteiger partial charge is 0.330 e. The van der Waals surface area contributed by atoms with E-state index in [1.54, 1.807) is 13.1 Å². The van der Waals surface area contributed by atoms with Gasteiger partial charge in [-0.25, -0.2) is 8.42 Å². The summed E-state index contributed by atoms with van der Waals surface area (Å²) in [5, 5.41) is 0. The van der Waals surface area contributed by atoms with Gasteiger partial charge in [-0.3, -0.25) is 0 Å². The Hall–Kier alpha value is -0.140. The van der Waals surface area contributed by atoms with E-state index in [9.17, 15) is 8.42 Å². The molecule has 0 saturated carbocycles. The SMILES string of the molecule is CN(Cc1ccc(Cl)s1)S(=O)(=O)CCCCN. The molecular weight excluding hydrogens is 280 g/mol. The monoisotopic (exact) mass is 296 g/mol. The Bertz CT molecular complexity index is 445. The van der Waals surface area contributed by atoms with Crippen LogP contribution in [-0.2, 0) is 16.6 Å². The quantitative estimate of drug-likeness (QED) is 0.782. The smallest absolute Gasteiger partial charge is 0.214 e. The zero-order valence-corrected chi connectivity index (χ0v) is 12.1. The number of nitrogens with two attached hydrogens (primary N) is 1. The van der Waals surface area contributed by atoms with E-state index in [1.807, 2.05) is 6.07 Å². The Morgan fingerprint density at radius 2 is 2.12 bits per heavy atom. The molecule has 0 aliphatic heterocycles. The molecule has 0 aliphatic rings. The van der Waals surface area contributed by atoms with Crippen LogP contribution in [0.4, 0.5) is 0 Å². The van der Waals surface area contributed by atoms with Crippen LogP contribution in [-0.4, -0.2) is 32.1 Å². The van der Waals surface area contributed by atoms with Crippen molar-refractivity contribution in [2.24, 2.45) is 5.73 Å². The van der Waals surface area contributed by atoms with E-state index >= 15 is 0 Å². The van der Waals surface area contributed by atoms with Gasteiger partial charge < -0.3 is 5.73 Å². The molecule has 1 rings (SSSR count). The van der Waals surface area contributed by atoms with Gasteiger partial charge in [0.2, 0.25) is 10.0 Å². The average molecular weight is 297 g/mol. The van der Waals surface area contributed by atoms with Gasteiger partial charge in [-0.2, -0.15) is 4.31 Å². The molecule has 98 valence electrons. The van der Waals surface area contributed by atoms with Gasteiger partial charge in [0.15, 0.2) is 0 Å². The van der Waals surface area contributed by atoms with Crippen LogP contribution >= 0.6 is 22.9 Å². The second kappa shape index (κ2) is 6.70. The van der Waals surface area contributed by atoms with Gasteiger partial charge in [-0.1, -0.05) is 11.6 Å². The molecule has 0 amide bonds. The summed E-state index contributed by atoms with van der Waals surface area (Å²) < 4.78 is 25.8. The summed E-state index contributed by atoms with van der Waals surface area (Å²) in [6.45, 7) is 0.905. The third kappa shape index (κ3) is 4.93. The Labute approximate surface area is 111 Å². The van der Waals surface area contributed by atoms with Gasteiger partial charge in [-0.15, -0.1) is 11.3 Å². The molecule has 0 radical (unpaired) electrons. The average Bonchev–Trinajstić information content (AvgIpc) is 2.64. The lowest BCUT2D eigenvalue weighted by atomic mass is 10.3. The molecule has 17 heavy (non-hydrogen) atoms. The summed E-state index contributed by atoms with van der Waals surface area (Å²) in [6.07, 6.45) is 1.34. The first-order chi connectivity index (χ1) is 7.95. The van der Waals surface area contributed by atoms with Crippen LogP contribution < -0.4 is 5.73 Å². The van der Waals surface area contributed by atoms with Crippen molar-refractivity contribution in [2.75, 3.05) is 19.3 Å². The topological polar surface area (TPSA) is 63.4 Å². The number of sulfonamides is 1. The molecule has 0 atom stereocenters. The minimum Gasteiger partial charge on any atom is -0.330 e. The second-order valence-corrected chi connectivity index (χ2v) is 7.77. The minimum atomic E-state index is -3.18. The lowest BCUT2D eigenvalue weighted by Gasteiger charge is -2.15. The van der Waals surface area contributed by atoms with E-state index in [-0.39, 0.29) is 5.75 Å². The fourth-order valence-electron chi connectivity index (χ4n) is 1.34. The number of hydrogen-bond donors (Lipinski definition) is 1. The Kier molecular flexibility index (Phi) is 5.88. The molecule has 0 aromatic carbocycles. The van der Waals surface area contributed by atoms with Crippen LogP contribution in [0.15, 0.2) is 12.1 Å². The van der Waals surface area contributed by atoms with Crippen molar-refractivity contribution in [3.8, 4) is 0 Å². The van der Waals surface area contributed by atoms with Crippen LogP contribution in [0.5, 0.6) is 0 Å². The van der Waals surface area contributed by atoms with Crippen molar-refractivity contribution >= 4 is 33.0 Å². The summed E-state index contributed by atoms with van der Waals surface area (Å²) in [5.74, 6) is 0.153. The van der Waals surface area contributed by atoms with E-state index in [4.69, 9.17) is 17.3 Å². The van der Waals surface area contributed by atoms with Crippen molar-refractivity contribution in [1.82, 2.24) is 4.31 Å². The summed E-state index contributed by atoms with van der Waals surface area (Å²) in [6, 6.07) is 3.62. The Morgan fingerprint density at radius 1 is 1.41 bits per heavy atom. The van der Waals surface area contributed by atoms with Crippen molar-refractivity contribution in [2.45, 2.75) is 19.4 Å². The third-order valence-electron chi connectivity index (χ3n) is 2.34. The number of unbranched alkanes of at least 4 members (excludes halogenated alkanes) is 1. The van der Waals surface area contributed by atoms with Crippen LogP contribution in [0.25, 0.3) is 0 Å². The van der Waals surface area contributed by atoms with Gasteiger partial charge >= 0.3 is 0 Å². The molecule has 0 fully saturated rings. The molecule has 7 heteroatoms. The molecule has 0 spiro atoms. The zero-order valence-electron chi connectivity index (χ0n) is 9.73. The summed E-state index contributed by atoms with van der Waals surface area (Å²) in [5.41, 5.74) is 5.34. The fraction of sp³-hybridized carbons (Fsp3) is 0.600. The van der Waals surface area contributed by atoms with E-state index in [1.165, 1.54) is 15.6 Å². The number of nitrogens with zero attached hydrogens (tertiary/aromatic N) is 1. The van der Waals surface area contributed by atoms with Gasteiger partial charge in [-0.05, 0) is 31.5 Å². The van der Waals surface area contributed by atoms with E-state index < -0.39 is 10.0 Å². The predicted octanol–water partition coefficient (Wildman–Crippen LogP) is 1.90. The van der Waals surface area contributed by atoms with Gasteiger partial charge in [0.1, 0.15) is 0 Å². The standard InChI is InChI=1S/C10H17ClN2O2S2/c1-13(8-9-4-5-10(11)16-9)17(14,15)7-3-2-6-12/h4-5H,2-3,6-8,12H2,1H3. The highest BCUT2D eigenvalue weighted by Gasteiger charge is 2.17. The van der Waals surface area contributed by atoms with Gasteiger partial charge in [0.25, 0.3) is 0 Å². The number of rotatable bonds is 7. The van der Waals surface area contributed by atoms with E-state index in [0.29, 0.717) is 23.8 Å². The minimum absolute atomic E-state index is 0.153. The molecule has 1 aromatic rings. The maximum absolute atomic E-state index is 11.9. The first-order valence-corrected chi connectivity index (χ1v) is 8.14. The van der Waals surface area contributed by atoms with E-state index in [0.717, 1.165) is 11.3 Å². The second-order valence-electron chi connectivity index (χ2n) is 3.77. The lowest BCUT2D eigenvalue weighted by molar-refractivity contribution is 0.467. The van der Waals surface area contributed by atoms with E-state index in [2.05, 4.69) is 0 Å². The zero-order chi connectivity index (χ0) is 12.9. The maximum Gasteiger partial charge on any atom is 0.214 e. The highest BCUT2D eigenvalue weighted by molar-refractivity contribution is 7.89. The summed E-state index contributed by atoms with van der Waals surface area (Å²) in [7, 11) is -1.59. The fourth-order valence-corrected chi connectivity index (χ4v) is 3.78. The van der Waals surface area contributed by atoms with Crippen molar-refractivity contribution in [3.63, 3.8) is 0 Å². The molecule has 2 N–H and O–H groups in total. The molecule has 0 bridgehead atoms. The molecule has 0 unspecified atom stereocenters. The summed E-state index contributed by atoms with van der Waals surface area (Å²) in [4.78, 5) is 0.944. The Morgan fingerprint density at radius 3 is 2.65 bits per heavy atom. The van der Waals surface area contributed by atoms with Gasteiger partial charge in [0.05, 0.1) is 10.1 Å². The maximum atomic E-state index is 11.9. The number of halogens is 1. The van der Waals surface area contributed by atoms with Crippen molar-refractivity contribution in [3.05, 3.63) is 21.3 Å². The van der Waals surface area contributed by atoms with Crippen LogP contribution in [0.1, 0.15) is 17.7 Å². The first kappa shape index (κ1) is 14.9. The molecular formula is C10H17ClN2O2S2. The van der Waals surface area contributed by atoms with Gasteiger partial charge in [0, 0.05) is 18.5 Å². The first-order valence-electron chi connectivity index (χ1n) is 5.34. The third-order valence-corrected chi connectivity index (χ3v) is 5.44. The summed E-state index contributed by atoms with van der Waals surface area (Å²) >= 11 is 7.20. The predicted molar refractivity (Wildman–Crippen MR) is 72.9 cm³/mol. The van der Waals surface area contributed by atoms with Crippen LogP contribution in [0, 0.1) is 0 Å². The normalized spacial score (nSPS) is 12.2. The number of thiophene rings is 1. The van der Waals surface area contributed by atoms with Crippen molar-refractivity contribution in [1.29, 1.82) is 0 Å². The molecule has 0 saturated heterocycles. The molecule has 1 aromatic heterocycles. The van der Waals surface area contributed by atoms with Crippen LogP contribution in [0.3, 0.4) is 0 Å².